The minimum Gasteiger partial charge on any atom is -0.508 e. The number of phenolic OH excluding ortho intramolecular Hbond substituents is 1. The van der Waals surface area contributed by atoms with E-state index in [1.54, 1.807) is 36.4 Å². The van der Waals surface area contributed by atoms with E-state index in [-0.39, 0.29) is 17.4 Å². The predicted octanol–water partition coefficient (Wildman–Crippen LogP) is 4.33. The fraction of sp³-hybridized carbons (Fsp3) is 0.0870. The van der Waals surface area contributed by atoms with Gasteiger partial charge in [-0.1, -0.05) is 30.3 Å². The van der Waals surface area contributed by atoms with E-state index in [9.17, 15) is 14.8 Å². The lowest BCUT2D eigenvalue weighted by Gasteiger charge is -2.26. The first kappa shape index (κ1) is 18.4. The number of hydrogen-bond acceptors (Lipinski definition) is 5. The van der Waals surface area contributed by atoms with Crippen LogP contribution in [-0.4, -0.2) is 5.11 Å². The van der Waals surface area contributed by atoms with Crippen LogP contribution in [0.15, 0.2) is 78.2 Å². The summed E-state index contributed by atoms with van der Waals surface area (Å²) in [5, 5.41) is 19.3. The van der Waals surface area contributed by atoms with Gasteiger partial charge in [0.05, 0.1) is 5.92 Å². The van der Waals surface area contributed by atoms with Crippen LogP contribution in [0.25, 0.3) is 0 Å². The van der Waals surface area contributed by atoms with Gasteiger partial charge in [0.1, 0.15) is 41.3 Å². The highest BCUT2D eigenvalue weighted by atomic mass is 19.1. The van der Waals surface area contributed by atoms with Crippen LogP contribution in [0.5, 0.6) is 17.2 Å². The molecule has 1 aliphatic rings. The summed E-state index contributed by atoms with van der Waals surface area (Å²) in [4.78, 5) is 0. The molecule has 5 nitrogen and oxygen atoms in total. The molecule has 1 heterocycles. The number of ether oxygens (including phenoxy) is 2. The Labute approximate surface area is 167 Å². The summed E-state index contributed by atoms with van der Waals surface area (Å²) < 4.78 is 24.3. The molecule has 0 spiro atoms. The fourth-order valence-electron chi connectivity index (χ4n) is 3.29. The van der Waals surface area contributed by atoms with Gasteiger partial charge in [0.2, 0.25) is 5.88 Å². The van der Waals surface area contributed by atoms with Crippen molar-refractivity contribution in [2.24, 2.45) is 5.73 Å². The summed E-state index contributed by atoms with van der Waals surface area (Å²) in [6, 6.07) is 20.3. The summed E-state index contributed by atoms with van der Waals surface area (Å²) in [6.45, 7) is 0.315. The van der Waals surface area contributed by atoms with Gasteiger partial charge >= 0.3 is 0 Å². The molecule has 144 valence electrons. The molecule has 0 saturated carbocycles. The first-order chi connectivity index (χ1) is 14.0. The number of hydrogen-bond donors (Lipinski definition) is 2. The molecule has 1 aliphatic heterocycles. The number of nitrogens with two attached hydrogens (primary N) is 1. The second kappa shape index (κ2) is 7.56. The molecule has 0 saturated heterocycles. The Balaban J connectivity index is 1.59. The van der Waals surface area contributed by atoms with Gasteiger partial charge in [0.25, 0.3) is 0 Å². The lowest BCUT2D eigenvalue weighted by atomic mass is 9.83. The number of allylic oxidation sites excluding steroid dienone is 1. The van der Waals surface area contributed by atoms with Crippen molar-refractivity contribution in [1.29, 1.82) is 5.26 Å². The van der Waals surface area contributed by atoms with Crippen LogP contribution in [0.4, 0.5) is 4.39 Å². The summed E-state index contributed by atoms with van der Waals surface area (Å²) in [7, 11) is 0. The molecule has 0 amide bonds. The Kier molecular flexibility index (Phi) is 4.80. The van der Waals surface area contributed by atoms with Crippen molar-refractivity contribution < 1.29 is 19.0 Å². The molecule has 3 aromatic rings. The maximum atomic E-state index is 13.0. The third-order valence-electron chi connectivity index (χ3n) is 4.73. The number of phenols is 1. The van der Waals surface area contributed by atoms with E-state index in [4.69, 9.17) is 15.2 Å². The van der Waals surface area contributed by atoms with Crippen molar-refractivity contribution in [2.45, 2.75) is 12.5 Å². The molecule has 3 aromatic carbocycles. The molecule has 3 N–H and O–H groups in total. The average molecular weight is 388 g/mol. The Morgan fingerprint density at radius 1 is 1.07 bits per heavy atom. The predicted molar refractivity (Wildman–Crippen MR) is 105 cm³/mol. The van der Waals surface area contributed by atoms with Gasteiger partial charge in [-0.2, -0.15) is 5.26 Å². The molecule has 0 aliphatic carbocycles. The second-order valence-corrected chi connectivity index (χ2v) is 6.63. The minimum atomic E-state index is -0.407. The van der Waals surface area contributed by atoms with Gasteiger partial charge < -0.3 is 20.3 Å². The van der Waals surface area contributed by atoms with Crippen molar-refractivity contribution in [3.8, 4) is 23.3 Å². The average Bonchev–Trinajstić information content (AvgIpc) is 2.72. The maximum absolute atomic E-state index is 13.0. The summed E-state index contributed by atoms with van der Waals surface area (Å²) in [5.41, 5.74) is 8.69. The number of nitriles is 1. The number of halogens is 1. The monoisotopic (exact) mass is 388 g/mol. The summed E-state index contributed by atoms with van der Waals surface area (Å²) in [5.74, 6) is 0.446. The highest BCUT2D eigenvalue weighted by Crippen LogP contribution is 2.43. The fourth-order valence-corrected chi connectivity index (χ4v) is 3.29. The smallest absolute Gasteiger partial charge is 0.205 e. The van der Waals surface area contributed by atoms with E-state index in [1.807, 2.05) is 12.1 Å². The van der Waals surface area contributed by atoms with Gasteiger partial charge in [-0.05, 0) is 41.5 Å². The number of fused-ring (bicyclic) bond motifs is 1. The zero-order valence-electron chi connectivity index (χ0n) is 15.3. The molecule has 0 aromatic heterocycles. The molecule has 4 rings (SSSR count). The van der Waals surface area contributed by atoms with Gasteiger partial charge in [-0.15, -0.1) is 0 Å². The van der Waals surface area contributed by atoms with Crippen molar-refractivity contribution in [3.05, 3.63) is 101 Å². The normalized spacial score (nSPS) is 15.2. The largest absolute Gasteiger partial charge is 0.508 e. The highest BCUT2D eigenvalue weighted by molar-refractivity contribution is 5.57. The van der Waals surface area contributed by atoms with Gasteiger partial charge in [-0.25, -0.2) is 4.39 Å². The molecule has 0 radical (unpaired) electrons. The maximum Gasteiger partial charge on any atom is 0.205 e. The van der Waals surface area contributed by atoms with Crippen molar-refractivity contribution in [1.82, 2.24) is 0 Å². The Morgan fingerprint density at radius 3 is 2.48 bits per heavy atom. The quantitative estimate of drug-likeness (QED) is 0.695. The van der Waals surface area contributed by atoms with Crippen molar-refractivity contribution >= 4 is 0 Å². The van der Waals surface area contributed by atoms with Crippen molar-refractivity contribution in [2.75, 3.05) is 0 Å². The summed E-state index contributed by atoms with van der Waals surface area (Å²) in [6.07, 6.45) is 0. The van der Waals surface area contributed by atoms with Gasteiger partial charge in [0, 0.05) is 11.6 Å². The molecule has 29 heavy (non-hydrogen) atoms. The topological polar surface area (TPSA) is 88.5 Å². The van der Waals surface area contributed by atoms with E-state index in [0.717, 1.165) is 16.7 Å². The molecule has 1 atom stereocenters. The molecule has 0 fully saturated rings. The Hall–Kier alpha value is -3.98. The third kappa shape index (κ3) is 3.71. The molecular formula is C23H17FN2O3. The second-order valence-electron chi connectivity index (χ2n) is 6.63. The Morgan fingerprint density at radius 2 is 1.79 bits per heavy atom. The van der Waals surface area contributed by atoms with E-state index < -0.39 is 5.92 Å². The number of nitrogens with zero attached hydrogens (tertiary/aromatic N) is 1. The molecular weight excluding hydrogens is 371 g/mol. The van der Waals surface area contributed by atoms with E-state index in [0.29, 0.717) is 23.7 Å². The van der Waals surface area contributed by atoms with Crippen LogP contribution in [0, 0.1) is 17.1 Å². The SMILES string of the molecule is N#CC1=C(N)Oc2cc(O)ccc2C1c1ccc(OCc2ccc(F)cc2)cc1. The van der Waals surface area contributed by atoms with Gasteiger partial charge in [0.15, 0.2) is 0 Å². The molecule has 6 heteroatoms. The van der Waals surface area contributed by atoms with Crippen LogP contribution in [0.1, 0.15) is 22.6 Å². The number of rotatable bonds is 4. The van der Waals surface area contributed by atoms with Crippen LogP contribution in [0.2, 0.25) is 0 Å². The van der Waals surface area contributed by atoms with Crippen molar-refractivity contribution in [3.63, 3.8) is 0 Å². The number of benzene rings is 3. The van der Waals surface area contributed by atoms with E-state index >= 15 is 0 Å². The third-order valence-corrected chi connectivity index (χ3v) is 4.73. The lowest BCUT2D eigenvalue weighted by Crippen LogP contribution is -2.20. The lowest BCUT2D eigenvalue weighted by molar-refractivity contribution is 0.306. The van der Waals surface area contributed by atoms with Gasteiger partial charge in [-0.3, -0.25) is 0 Å². The van der Waals surface area contributed by atoms with Crippen LogP contribution >= 0.6 is 0 Å². The molecule has 0 bridgehead atoms. The van der Waals surface area contributed by atoms with Crippen LogP contribution in [0.3, 0.4) is 0 Å². The summed E-state index contributed by atoms with van der Waals surface area (Å²) >= 11 is 0. The Bertz CT molecular complexity index is 1120. The zero-order chi connectivity index (χ0) is 20.4. The zero-order valence-corrected chi connectivity index (χ0v) is 15.3. The number of aromatic hydroxyl groups is 1. The minimum absolute atomic E-state index is 0.0206. The first-order valence-electron chi connectivity index (χ1n) is 8.93. The highest BCUT2D eigenvalue weighted by Gasteiger charge is 2.30. The van der Waals surface area contributed by atoms with Crippen LogP contribution < -0.4 is 15.2 Å². The molecule has 1 unspecified atom stereocenters. The van der Waals surface area contributed by atoms with Crippen LogP contribution in [-0.2, 0) is 6.61 Å². The van der Waals surface area contributed by atoms with E-state index in [2.05, 4.69) is 6.07 Å². The standard InChI is InChI=1S/C23H17FN2O3/c24-16-5-1-14(2-6-16)13-28-18-8-3-15(4-9-18)22-19-10-7-17(27)11-21(19)29-23(26)20(22)12-25/h1-11,22,27H,13,26H2. The first-order valence-corrected chi connectivity index (χ1v) is 8.93. The van der Waals surface area contributed by atoms with E-state index in [1.165, 1.54) is 18.2 Å².